The minimum atomic E-state index is -0.145. The Morgan fingerprint density at radius 2 is 1.50 bits per heavy atom. The van der Waals surface area contributed by atoms with Crippen molar-refractivity contribution in [2.24, 2.45) is 7.05 Å². The lowest BCUT2D eigenvalue weighted by Gasteiger charge is -2.21. The molecule has 146 valence electrons. The van der Waals surface area contributed by atoms with Crippen LogP contribution in [0.15, 0.2) is 97.3 Å². The minimum Gasteiger partial charge on any atom is -0.356 e. The number of anilines is 1. The molecule has 0 spiro atoms. The number of rotatable bonds is 5. The molecular formula is C25H21N5. The van der Waals surface area contributed by atoms with E-state index in [1.165, 1.54) is 0 Å². The lowest BCUT2D eigenvalue weighted by Crippen LogP contribution is -2.18. The van der Waals surface area contributed by atoms with E-state index in [2.05, 4.69) is 22.4 Å². The molecule has 0 aliphatic rings. The number of imidazole rings is 1. The van der Waals surface area contributed by atoms with Crippen LogP contribution in [0.2, 0.25) is 0 Å². The monoisotopic (exact) mass is 391 g/mol. The van der Waals surface area contributed by atoms with Crippen LogP contribution in [0.1, 0.15) is 17.4 Å². The summed E-state index contributed by atoms with van der Waals surface area (Å²) in [4.78, 5) is 14.3. The van der Waals surface area contributed by atoms with Gasteiger partial charge in [-0.05, 0) is 17.7 Å². The Hall–Kier alpha value is -3.99. The van der Waals surface area contributed by atoms with Gasteiger partial charge >= 0.3 is 0 Å². The third-order valence-corrected chi connectivity index (χ3v) is 5.17. The third-order valence-electron chi connectivity index (χ3n) is 5.17. The third kappa shape index (κ3) is 3.42. The zero-order chi connectivity index (χ0) is 20.3. The van der Waals surface area contributed by atoms with Crippen LogP contribution in [-0.2, 0) is 7.05 Å². The van der Waals surface area contributed by atoms with Crippen LogP contribution in [0.5, 0.6) is 0 Å². The number of fused-ring (bicyclic) bond motifs is 1. The zero-order valence-electron chi connectivity index (χ0n) is 16.6. The summed E-state index contributed by atoms with van der Waals surface area (Å²) in [6.45, 7) is 0. The van der Waals surface area contributed by atoms with Crippen LogP contribution in [-0.4, -0.2) is 19.5 Å². The van der Waals surface area contributed by atoms with Crippen LogP contribution in [0.25, 0.3) is 22.3 Å². The van der Waals surface area contributed by atoms with Gasteiger partial charge in [0.2, 0.25) is 0 Å². The van der Waals surface area contributed by atoms with Crippen LogP contribution in [0, 0.1) is 0 Å². The molecule has 0 aliphatic carbocycles. The molecule has 5 heteroatoms. The first-order valence-electron chi connectivity index (χ1n) is 9.90. The molecule has 0 saturated carbocycles. The second-order valence-electron chi connectivity index (χ2n) is 7.16. The van der Waals surface area contributed by atoms with Crippen LogP contribution >= 0.6 is 0 Å². The topological polar surface area (TPSA) is 55.6 Å². The fourth-order valence-electron chi connectivity index (χ4n) is 3.64. The predicted molar refractivity (Wildman–Crippen MR) is 120 cm³/mol. The number of nitrogens with zero attached hydrogens (tertiary/aromatic N) is 4. The van der Waals surface area contributed by atoms with E-state index in [0.717, 1.165) is 33.7 Å². The molecule has 0 radical (unpaired) electrons. The standard InChI is InChI=1S/C25H21N5/c1-30-17-16-26-25(30)22(18-10-4-2-5-11-18)28-24-20-14-8-9-15-21(20)27-23(29-24)19-12-6-3-7-13-19/h2-17,22H,1H3,(H,27,28,29). The highest BCUT2D eigenvalue weighted by Gasteiger charge is 2.20. The Balaban J connectivity index is 1.66. The summed E-state index contributed by atoms with van der Waals surface area (Å²) >= 11 is 0. The van der Waals surface area contributed by atoms with E-state index >= 15 is 0 Å². The Kier molecular flexibility index (Phi) is 4.69. The average molecular weight is 391 g/mol. The van der Waals surface area contributed by atoms with Crippen LogP contribution < -0.4 is 5.32 Å². The average Bonchev–Trinajstić information content (AvgIpc) is 3.24. The van der Waals surface area contributed by atoms with Crippen molar-refractivity contribution < 1.29 is 0 Å². The number of hydrogen-bond acceptors (Lipinski definition) is 4. The van der Waals surface area contributed by atoms with Gasteiger partial charge in [-0.1, -0.05) is 72.8 Å². The molecule has 2 heterocycles. The van der Waals surface area contributed by atoms with Gasteiger partial charge in [0.15, 0.2) is 5.82 Å². The van der Waals surface area contributed by atoms with Gasteiger partial charge in [0, 0.05) is 30.4 Å². The second-order valence-corrected chi connectivity index (χ2v) is 7.16. The number of hydrogen-bond donors (Lipinski definition) is 1. The number of para-hydroxylation sites is 1. The maximum Gasteiger partial charge on any atom is 0.162 e. The Morgan fingerprint density at radius 1 is 0.800 bits per heavy atom. The summed E-state index contributed by atoms with van der Waals surface area (Å²) in [7, 11) is 2.01. The minimum absolute atomic E-state index is 0.145. The first kappa shape index (κ1) is 18.1. The van der Waals surface area contributed by atoms with Gasteiger partial charge in [-0.15, -0.1) is 0 Å². The maximum atomic E-state index is 4.92. The van der Waals surface area contributed by atoms with Crippen molar-refractivity contribution in [3.63, 3.8) is 0 Å². The van der Waals surface area contributed by atoms with Crippen LogP contribution in [0.4, 0.5) is 5.82 Å². The molecule has 5 nitrogen and oxygen atoms in total. The first-order chi connectivity index (χ1) is 14.8. The summed E-state index contributed by atoms with van der Waals surface area (Å²) in [6.07, 6.45) is 3.78. The van der Waals surface area contributed by atoms with Gasteiger partial charge in [-0.3, -0.25) is 0 Å². The van der Waals surface area contributed by atoms with E-state index in [1.54, 1.807) is 0 Å². The Labute approximate surface area is 175 Å². The van der Waals surface area contributed by atoms with Gasteiger partial charge in [-0.25, -0.2) is 15.0 Å². The fourth-order valence-corrected chi connectivity index (χ4v) is 3.64. The van der Waals surface area contributed by atoms with E-state index in [0.29, 0.717) is 5.82 Å². The number of nitrogens with one attached hydrogen (secondary N) is 1. The molecule has 2 aromatic heterocycles. The SMILES string of the molecule is Cn1ccnc1C(Nc1nc(-c2ccccc2)nc2ccccc12)c1ccccc1. The molecule has 5 aromatic rings. The molecule has 1 atom stereocenters. The Morgan fingerprint density at radius 3 is 2.23 bits per heavy atom. The molecule has 0 amide bonds. The van der Waals surface area contributed by atoms with Gasteiger partial charge in [-0.2, -0.15) is 0 Å². The van der Waals surface area contributed by atoms with E-state index in [1.807, 2.05) is 96.8 Å². The molecule has 0 bridgehead atoms. The summed E-state index contributed by atoms with van der Waals surface area (Å²) < 4.78 is 2.03. The van der Waals surface area contributed by atoms with Gasteiger partial charge in [0.05, 0.1) is 5.52 Å². The summed E-state index contributed by atoms with van der Waals surface area (Å²) in [5.41, 5.74) is 3.01. The molecule has 30 heavy (non-hydrogen) atoms. The van der Waals surface area contributed by atoms with E-state index in [9.17, 15) is 0 Å². The smallest absolute Gasteiger partial charge is 0.162 e. The molecule has 5 rings (SSSR count). The molecular weight excluding hydrogens is 370 g/mol. The van der Waals surface area contributed by atoms with E-state index in [-0.39, 0.29) is 6.04 Å². The van der Waals surface area contributed by atoms with Gasteiger partial charge in [0.25, 0.3) is 0 Å². The molecule has 1 N–H and O–H groups in total. The molecule has 0 aliphatic heterocycles. The van der Waals surface area contributed by atoms with Crippen molar-refractivity contribution in [3.8, 4) is 11.4 Å². The van der Waals surface area contributed by atoms with Crippen LogP contribution in [0.3, 0.4) is 0 Å². The highest BCUT2D eigenvalue weighted by Crippen LogP contribution is 2.30. The van der Waals surface area contributed by atoms with Crippen molar-refractivity contribution in [3.05, 3.63) is 109 Å². The number of aryl methyl sites for hydroxylation is 1. The van der Waals surface area contributed by atoms with Gasteiger partial charge < -0.3 is 9.88 Å². The van der Waals surface area contributed by atoms with E-state index < -0.39 is 0 Å². The zero-order valence-corrected chi connectivity index (χ0v) is 16.6. The second kappa shape index (κ2) is 7.79. The lowest BCUT2D eigenvalue weighted by atomic mass is 10.1. The molecule has 0 fully saturated rings. The summed E-state index contributed by atoms with van der Waals surface area (Å²) in [5.74, 6) is 2.41. The van der Waals surface area contributed by atoms with Crippen molar-refractivity contribution >= 4 is 16.7 Å². The van der Waals surface area contributed by atoms with Gasteiger partial charge in [0.1, 0.15) is 17.7 Å². The summed E-state index contributed by atoms with van der Waals surface area (Å²) in [5, 5.41) is 4.64. The van der Waals surface area contributed by atoms with Crippen molar-refractivity contribution in [1.29, 1.82) is 0 Å². The van der Waals surface area contributed by atoms with Crippen molar-refractivity contribution in [2.45, 2.75) is 6.04 Å². The van der Waals surface area contributed by atoms with Crippen molar-refractivity contribution in [2.75, 3.05) is 5.32 Å². The van der Waals surface area contributed by atoms with Crippen molar-refractivity contribution in [1.82, 2.24) is 19.5 Å². The first-order valence-corrected chi connectivity index (χ1v) is 9.90. The number of benzene rings is 3. The maximum absolute atomic E-state index is 4.92. The largest absolute Gasteiger partial charge is 0.356 e. The fraction of sp³-hybridized carbons (Fsp3) is 0.0800. The lowest BCUT2D eigenvalue weighted by molar-refractivity contribution is 0.746. The molecule has 1 unspecified atom stereocenters. The molecule has 0 saturated heterocycles. The highest BCUT2D eigenvalue weighted by atomic mass is 15.1. The predicted octanol–water partition coefficient (Wildman–Crippen LogP) is 5.23. The highest BCUT2D eigenvalue weighted by molar-refractivity contribution is 5.90. The normalized spacial score (nSPS) is 12.0. The van der Waals surface area contributed by atoms with E-state index in [4.69, 9.17) is 9.97 Å². The summed E-state index contributed by atoms with van der Waals surface area (Å²) in [6, 6.07) is 28.3. The molecule has 3 aromatic carbocycles. The Bertz CT molecular complexity index is 1280. The quantitative estimate of drug-likeness (QED) is 0.446. The number of aromatic nitrogens is 4.